The Morgan fingerprint density at radius 3 is 2.62 bits per heavy atom. The number of rotatable bonds is 13. The summed E-state index contributed by atoms with van der Waals surface area (Å²) in [5.74, 6) is 0.329. The third kappa shape index (κ3) is 6.51. The smallest absolute Gasteiger partial charge is 0.469 e. The monoisotopic (exact) mass is 623 g/mol. The Bertz CT molecular complexity index is 1770. The molecule has 1 fully saturated rings. The zero-order valence-corrected chi connectivity index (χ0v) is 24.8. The van der Waals surface area contributed by atoms with Crippen LogP contribution in [0.25, 0.3) is 33.1 Å². The summed E-state index contributed by atoms with van der Waals surface area (Å²) in [6.07, 6.45) is 2.34. The van der Waals surface area contributed by atoms with Crippen LogP contribution in [0.2, 0.25) is 0 Å². The number of sulfone groups is 1. The van der Waals surface area contributed by atoms with Gasteiger partial charge in [-0.05, 0) is 66.8 Å². The normalized spacial score (nSPS) is 14.7. The molecule has 2 aromatic heterocycles. The second-order valence-corrected chi connectivity index (χ2v) is 13.8. The fourth-order valence-corrected chi connectivity index (χ4v) is 7.02. The molecule has 14 heteroatoms. The van der Waals surface area contributed by atoms with E-state index in [9.17, 15) is 21.8 Å². The first-order valence-corrected chi connectivity index (χ1v) is 16.6. The summed E-state index contributed by atoms with van der Waals surface area (Å²) < 4.78 is 76.8. The molecule has 0 atom stereocenters. The lowest BCUT2D eigenvalue weighted by Crippen LogP contribution is -2.44. The van der Waals surface area contributed by atoms with Crippen LogP contribution >= 0.6 is 7.82 Å². The molecule has 2 heterocycles. The van der Waals surface area contributed by atoms with Crippen molar-refractivity contribution in [3.8, 4) is 16.9 Å². The lowest BCUT2D eigenvalue weighted by molar-refractivity contribution is -0.156. The van der Waals surface area contributed by atoms with Gasteiger partial charge in [-0.25, -0.2) is 22.9 Å². The SMILES string of the molecule is CCN(CCOP(=O)(O)O)C(F)(F)CCOc1ccc(-c2cccc(S(=O)(=O)C3CC3)c2)c2c1[nH]c1ncc(C)cc12. The number of fused-ring (bicyclic) bond motifs is 3. The van der Waals surface area contributed by atoms with Crippen LogP contribution in [0.5, 0.6) is 5.75 Å². The Balaban J connectivity index is 1.44. The van der Waals surface area contributed by atoms with Crippen molar-refractivity contribution >= 4 is 39.6 Å². The highest BCUT2D eigenvalue weighted by Gasteiger charge is 2.37. The van der Waals surface area contributed by atoms with Gasteiger partial charge in [0.2, 0.25) is 0 Å². The highest BCUT2D eigenvalue weighted by molar-refractivity contribution is 7.92. The van der Waals surface area contributed by atoms with Crippen LogP contribution in [-0.4, -0.2) is 70.7 Å². The topological polar surface area (TPSA) is 142 Å². The third-order valence-corrected chi connectivity index (χ3v) is 10.0. The Hall–Kier alpha value is -2.93. The van der Waals surface area contributed by atoms with Crippen molar-refractivity contribution in [2.24, 2.45) is 0 Å². The van der Waals surface area contributed by atoms with Gasteiger partial charge in [-0.2, -0.15) is 8.78 Å². The van der Waals surface area contributed by atoms with Crippen LogP contribution in [-0.2, 0) is 18.9 Å². The number of ether oxygens (including phenoxy) is 1. The van der Waals surface area contributed by atoms with E-state index in [1.54, 1.807) is 36.5 Å². The van der Waals surface area contributed by atoms with Crippen molar-refractivity contribution < 1.29 is 40.8 Å². The first-order chi connectivity index (χ1) is 19.8. The third-order valence-electron chi connectivity index (χ3n) is 7.27. The fourth-order valence-electron chi connectivity index (χ4n) is 5.00. The lowest BCUT2D eigenvalue weighted by Gasteiger charge is -2.30. The minimum absolute atomic E-state index is 0.0704. The van der Waals surface area contributed by atoms with Crippen LogP contribution < -0.4 is 4.74 Å². The maximum Gasteiger partial charge on any atom is 0.469 e. The molecule has 0 unspecified atom stereocenters. The van der Waals surface area contributed by atoms with E-state index in [0.717, 1.165) is 26.8 Å². The maximum atomic E-state index is 14.9. The minimum atomic E-state index is -4.76. The van der Waals surface area contributed by atoms with Crippen LogP contribution in [0, 0.1) is 6.92 Å². The van der Waals surface area contributed by atoms with Gasteiger partial charge in [-0.3, -0.25) is 4.52 Å². The molecule has 1 aliphatic carbocycles. The quantitative estimate of drug-likeness (QED) is 0.131. The summed E-state index contributed by atoms with van der Waals surface area (Å²) in [7, 11) is -8.17. The molecule has 0 bridgehead atoms. The van der Waals surface area contributed by atoms with E-state index in [0.29, 0.717) is 35.3 Å². The number of aromatic nitrogens is 2. The molecular formula is C28H32F2N3O7PS. The molecule has 1 saturated carbocycles. The molecule has 4 aromatic rings. The zero-order valence-electron chi connectivity index (χ0n) is 23.1. The molecule has 0 saturated heterocycles. The van der Waals surface area contributed by atoms with E-state index in [4.69, 9.17) is 14.5 Å². The Kier molecular flexibility index (Phi) is 8.45. The van der Waals surface area contributed by atoms with Crippen molar-refractivity contribution in [3.63, 3.8) is 0 Å². The lowest BCUT2D eigenvalue weighted by atomic mass is 9.99. The summed E-state index contributed by atoms with van der Waals surface area (Å²) in [5, 5.41) is 1.17. The number of aromatic amines is 1. The number of nitrogens with one attached hydrogen (secondary N) is 1. The van der Waals surface area contributed by atoms with Crippen molar-refractivity contribution in [2.45, 2.75) is 49.3 Å². The van der Waals surface area contributed by atoms with Crippen molar-refractivity contribution in [1.29, 1.82) is 0 Å². The van der Waals surface area contributed by atoms with Crippen molar-refractivity contribution in [2.75, 3.05) is 26.3 Å². The maximum absolute atomic E-state index is 14.9. The summed E-state index contributed by atoms with van der Waals surface area (Å²) in [5.41, 5.74) is 3.46. The summed E-state index contributed by atoms with van der Waals surface area (Å²) in [6.45, 7) is 2.06. The number of benzene rings is 2. The first kappa shape index (κ1) is 30.5. The molecule has 3 N–H and O–H groups in total. The average Bonchev–Trinajstić information content (AvgIpc) is 3.73. The highest BCUT2D eigenvalue weighted by Crippen LogP contribution is 2.41. The van der Waals surface area contributed by atoms with Gasteiger partial charge in [0.25, 0.3) is 0 Å². The number of hydrogen-bond acceptors (Lipinski definition) is 7. The first-order valence-electron chi connectivity index (χ1n) is 13.5. The molecule has 1 aliphatic rings. The second-order valence-electron chi connectivity index (χ2n) is 10.3. The summed E-state index contributed by atoms with van der Waals surface area (Å²) in [4.78, 5) is 26.4. The number of hydrogen-bond donors (Lipinski definition) is 3. The Morgan fingerprint density at radius 2 is 1.93 bits per heavy atom. The van der Waals surface area contributed by atoms with E-state index in [1.165, 1.54) is 6.92 Å². The van der Waals surface area contributed by atoms with Gasteiger partial charge in [0, 0.05) is 30.1 Å². The molecule has 0 amide bonds. The number of phosphoric acid groups is 1. The van der Waals surface area contributed by atoms with Crippen molar-refractivity contribution in [1.82, 2.24) is 14.9 Å². The van der Waals surface area contributed by atoms with Gasteiger partial charge in [-0.1, -0.05) is 19.1 Å². The number of likely N-dealkylation sites (N-methyl/N-ethyl adjacent to an activating group) is 1. The Morgan fingerprint density at radius 1 is 1.17 bits per heavy atom. The predicted molar refractivity (Wildman–Crippen MR) is 154 cm³/mol. The molecule has 10 nitrogen and oxygen atoms in total. The number of pyridine rings is 1. The van der Waals surface area contributed by atoms with Gasteiger partial charge < -0.3 is 19.5 Å². The second kappa shape index (κ2) is 11.6. The molecule has 226 valence electrons. The van der Waals surface area contributed by atoms with Crippen molar-refractivity contribution in [3.05, 3.63) is 54.2 Å². The van der Waals surface area contributed by atoms with Crippen LogP contribution in [0.4, 0.5) is 8.78 Å². The van der Waals surface area contributed by atoms with Crippen LogP contribution in [0.1, 0.15) is 31.7 Å². The van der Waals surface area contributed by atoms with Gasteiger partial charge in [0.15, 0.2) is 9.84 Å². The largest absolute Gasteiger partial charge is 0.491 e. The fraction of sp³-hybridized carbons (Fsp3) is 0.393. The van der Waals surface area contributed by atoms with E-state index in [-0.39, 0.29) is 29.8 Å². The van der Waals surface area contributed by atoms with Gasteiger partial charge in [0.1, 0.15) is 11.4 Å². The van der Waals surface area contributed by atoms with Gasteiger partial charge in [0.05, 0.1) is 35.3 Å². The number of halogens is 2. The number of aryl methyl sites for hydroxylation is 1. The van der Waals surface area contributed by atoms with E-state index in [1.807, 2.05) is 19.1 Å². The number of alkyl halides is 2. The molecule has 0 aliphatic heterocycles. The molecule has 42 heavy (non-hydrogen) atoms. The highest BCUT2D eigenvalue weighted by atomic mass is 32.2. The van der Waals surface area contributed by atoms with Crippen LogP contribution in [0.15, 0.2) is 53.6 Å². The Labute approximate surface area is 241 Å². The van der Waals surface area contributed by atoms with Gasteiger partial charge >= 0.3 is 13.9 Å². The van der Waals surface area contributed by atoms with E-state index >= 15 is 0 Å². The molecule has 2 aromatic carbocycles. The molecular weight excluding hydrogens is 591 g/mol. The number of phosphoric ester groups is 1. The molecule has 0 spiro atoms. The minimum Gasteiger partial charge on any atom is -0.491 e. The van der Waals surface area contributed by atoms with E-state index < -0.39 is 36.7 Å². The number of nitrogens with zero attached hydrogens (tertiary/aromatic N) is 2. The molecule has 0 radical (unpaired) electrons. The predicted octanol–water partition coefficient (Wildman–Crippen LogP) is 5.42. The number of H-pyrrole nitrogens is 1. The molecule has 5 rings (SSSR count). The van der Waals surface area contributed by atoms with Crippen LogP contribution in [0.3, 0.4) is 0 Å². The summed E-state index contributed by atoms with van der Waals surface area (Å²) in [6, 6.07) is 8.89. The average molecular weight is 624 g/mol. The standard InChI is InChI=1S/C28H32F2N3O7PS/c1-3-33(12-14-40-41(34,35)36)28(29,30)11-13-39-24-10-9-22(25-23-15-18(2)17-31-27(23)32-26(24)25)19-5-4-6-21(16-19)42(37,38)20-7-8-20/h4-6,9-10,15-17,20H,3,7-8,11-14H2,1-2H3,(H,31,32)(H2,34,35,36). The summed E-state index contributed by atoms with van der Waals surface area (Å²) >= 11 is 0. The zero-order chi connectivity index (χ0) is 30.3. The van der Waals surface area contributed by atoms with E-state index in [2.05, 4.69) is 14.5 Å². The van der Waals surface area contributed by atoms with Gasteiger partial charge in [-0.15, -0.1) is 0 Å².